The van der Waals surface area contributed by atoms with Gasteiger partial charge in [0.25, 0.3) is 0 Å². The molecule has 1 aromatic carbocycles. The summed E-state index contributed by atoms with van der Waals surface area (Å²) >= 11 is 0. The number of phenolic OH excluding ortho intramolecular Hbond substituents is 1. The molecule has 0 saturated heterocycles. The quantitative estimate of drug-likeness (QED) is 0.691. The fourth-order valence-corrected chi connectivity index (χ4v) is 4.44. The first-order valence-electron chi connectivity index (χ1n) is 9.65. The first kappa shape index (κ1) is 21.5. The van der Waals surface area contributed by atoms with Crippen LogP contribution in [0.3, 0.4) is 0 Å². The van der Waals surface area contributed by atoms with E-state index in [2.05, 4.69) is 19.8 Å². The van der Waals surface area contributed by atoms with Gasteiger partial charge in [-0.05, 0) is 12.0 Å². The van der Waals surface area contributed by atoms with Crippen molar-refractivity contribution in [2.24, 2.45) is 5.92 Å². The van der Waals surface area contributed by atoms with E-state index in [1.54, 1.807) is 19.2 Å². The van der Waals surface area contributed by atoms with Crippen LogP contribution in [-0.2, 0) is 29.5 Å². The van der Waals surface area contributed by atoms with Crippen LogP contribution < -0.4 is 9.46 Å². The van der Waals surface area contributed by atoms with E-state index in [0.717, 1.165) is 37.2 Å². The van der Waals surface area contributed by atoms with Crippen LogP contribution in [0, 0.1) is 5.92 Å². The van der Waals surface area contributed by atoms with E-state index < -0.39 is 16.1 Å². The Labute approximate surface area is 171 Å². The van der Waals surface area contributed by atoms with Crippen molar-refractivity contribution in [1.82, 2.24) is 24.4 Å². The highest BCUT2D eigenvalue weighted by Gasteiger charge is 2.28. The second-order valence-corrected chi connectivity index (χ2v) is 9.54. The summed E-state index contributed by atoms with van der Waals surface area (Å²) in [6, 6.07) is 4.72. The third-order valence-electron chi connectivity index (χ3n) is 5.10. The molecule has 2 heterocycles. The lowest BCUT2D eigenvalue weighted by atomic mass is 10.1. The lowest BCUT2D eigenvalue weighted by Crippen LogP contribution is -2.33. The van der Waals surface area contributed by atoms with Crippen LogP contribution in [-0.4, -0.2) is 59.6 Å². The van der Waals surface area contributed by atoms with Gasteiger partial charge in [-0.2, -0.15) is 0 Å². The van der Waals surface area contributed by atoms with E-state index in [9.17, 15) is 13.5 Å². The Balaban J connectivity index is 1.77. The molecule has 0 spiro atoms. The summed E-state index contributed by atoms with van der Waals surface area (Å²) in [6.45, 7) is 6.86. The monoisotopic (exact) mass is 423 g/mol. The Hall–Kier alpha value is -2.17. The predicted molar refractivity (Wildman–Crippen MR) is 109 cm³/mol. The maximum atomic E-state index is 11.8. The van der Waals surface area contributed by atoms with Gasteiger partial charge < -0.3 is 14.4 Å². The van der Waals surface area contributed by atoms with Crippen LogP contribution in [0.5, 0.6) is 11.5 Å². The summed E-state index contributed by atoms with van der Waals surface area (Å²) in [5.74, 6) is 2.39. The summed E-state index contributed by atoms with van der Waals surface area (Å²) in [5.41, 5.74) is 1.00. The van der Waals surface area contributed by atoms with Gasteiger partial charge in [0, 0.05) is 44.2 Å². The summed E-state index contributed by atoms with van der Waals surface area (Å²) in [6.07, 6.45) is 1.88. The number of fused-ring (bicyclic) bond motifs is 1. The fourth-order valence-electron chi connectivity index (χ4n) is 3.60. The van der Waals surface area contributed by atoms with Crippen molar-refractivity contribution in [2.45, 2.75) is 39.4 Å². The summed E-state index contributed by atoms with van der Waals surface area (Å²) < 4.78 is 33.7. The lowest BCUT2D eigenvalue weighted by Gasteiger charge is -2.23. The SMILES string of the molecule is COc1cc(O)ccc1CN1CCc2nnc([C@H](NS(C)(=O)=O)C(C)C)n2CC1. The molecule has 160 valence electrons. The Morgan fingerprint density at radius 1 is 1.24 bits per heavy atom. The van der Waals surface area contributed by atoms with Gasteiger partial charge in [-0.1, -0.05) is 19.9 Å². The largest absolute Gasteiger partial charge is 0.508 e. The van der Waals surface area contributed by atoms with Crippen LogP contribution in [0.4, 0.5) is 0 Å². The van der Waals surface area contributed by atoms with E-state index in [1.807, 2.05) is 24.5 Å². The number of benzene rings is 1. The van der Waals surface area contributed by atoms with Gasteiger partial charge in [0.15, 0.2) is 5.82 Å². The van der Waals surface area contributed by atoms with Gasteiger partial charge in [0.05, 0.1) is 19.4 Å². The number of sulfonamides is 1. The molecule has 0 saturated carbocycles. The van der Waals surface area contributed by atoms with Gasteiger partial charge in [0.1, 0.15) is 17.3 Å². The molecule has 1 aromatic heterocycles. The highest BCUT2D eigenvalue weighted by molar-refractivity contribution is 7.88. The van der Waals surface area contributed by atoms with Gasteiger partial charge in [0.2, 0.25) is 10.0 Å². The van der Waals surface area contributed by atoms with Crippen molar-refractivity contribution in [3.05, 3.63) is 35.4 Å². The van der Waals surface area contributed by atoms with Crippen molar-refractivity contribution in [3.8, 4) is 11.5 Å². The molecule has 0 amide bonds. The zero-order valence-corrected chi connectivity index (χ0v) is 18.1. The first-order valence-corrected chi connectivity index (χ1v) is 11.5. The molecule has 3 rings (SSSR count). The van der Waals surface area contributed by atoms with Crippen molar-refractivity contribution >= 4 is 10.0 Å². The highest BCUT2D eigenvalue weighted by Crippen LogP contribution is 2.27. The van der Waals surface area contributed by atoms with Crippen LogP contribution in [0.15, 0.2) is 18.2 Å². The Kier molecular flexibility index (Phi) is 6.45. The number of hydrogen-bond acceptors (Lipinski definition) is 7. The van der Waals surface area contributed by atoms with Crippen molar-refractivity contribution < 1.29 is 18.3 Å². The zero-order valence-electron chi connectivity index (χ0n) is 17.3. The number of phenols is 1. The number of hydrogen-bond donors (Lipinski definition) is 2. The van der Waals surface area contributed by atoms with E-state index in [-0.39, 0.29) is 11.7 Å². The summed E-state index contributed by atoms with van der Waals surface area (Å²) in [5, 5.41) is 18.3. The van der Waals surface area contributed by atoms with Gasteiger partial charge in [-0.15, -0.1) is 10.2 Å². The standard InChI is InChI=1S/C19H29N5O4S/c1-13(2)18(22-29(4,26)27)19-21-20-17-7-8-23(9-10-24(17)19)12-14-5-6-15(25)11-16(14)28-3/h5-6,11,13,18,22,25H,7-10,12H2,1-4H3/t18-/m1/s1. The lowest BCUT2D eigenvalue weighted by molar-refractivity contribution is 0.264. The van der Waals surface area contributed by atoms with Crippen molar-refractivity contribution in [1.29, 1.82) is 0 Å². The summed E-state index contributed by atoms with van der Waals surface area (Å²) in [7, 11) is -1.78. The van der Waals surface area contributed by atoms with Gasteiger partial charge in [-0.3, -0.25) is 4.90 Å². The Bertz CT molecular complexity index is 958. The Morgan fingerprint density at radius 2 is 2.00 bits per heavy atom. The van der Waals surface area contributed by atoms with Crippen molar-refractivity contribution in [2.75, 3.05) is 26.5 Å². The highest BCUT2D eigenvalue weighted by atomic mass is 32.2. The average Bonchev–Trinajstić information content (AvgIpc) is 2.94. The molecule has 2 N–H and O–H groups in total. The topological polar surface area (TPSA) is 110 Å². The third kappa shape index (κ3) is 5.26. The zero-order chi connectivity index (χ0) is 21.2. The van der Waals surface area contributed by atoms with E-state index in [4.69, 9.17) is 4.74 Å². The Morgan fingerprint density at radius 3 is 2.66 bits per heavy atom. The van der Waals surface area contributed by atoms with Crippen LogP contribution in [0.1, 0.15) is 37.1 Å². The smallest absolute Gasteiger partial charge is 0.209 e. The number of ether oxygens (including phenoxy) is 1. The number of aromatic hydroxyl groups is 1. The van der Waals surface area contributed by atoms with E-state index >= 15 is 0 Å². The number of nitrogens with one attached hydrogen (secondary N) is 1. The fraction of sp³-hybridized carbons (Fsp3) is 0.579. The molecule has 29 heavy (non-hydrogen) atoms. The number of nitrogens with zero attached hydrogens (tertiary/aromatic N) is 4. The normalized spacial score (nSPS) is 16.4. The van der Waals surface area contributed by atoms with E-state index in [1.165, 1.54) is 0 Å². The second-order valence-electron chi connectivity index (χ2n) is 7.76. The number of rotatable bonds is 7. The molecule has 10 heteroatoms. The summed E-state index contributed by atoms with van der Waals surface area (Å²) in [4.78, 5) is 2.29. The van der Waals surface area contributed by atoms with Gasteiger partial charge in [-0.25, -0.2) is 13.1 Å². The maximum Gasteiger partial charge on any atom is 0.209 e. The molecule has 2 aromatic rings. The number of aromatic nitrogens is 3. The molecule has 0 bridgehead atoms. The minimum atomic E-state index is -3.37. The molecule has 0 unspecified atom stereocenters. The molecule has 0 fully saturated rings. The van der Waals surface area contributed by atoms with Crippen LogP contribution in [0.25, 0.3) is 0 Å². The molecule has 9 nitrogen and oxygen atoms in total. The predicted octanol–water partition coefficient (Wildman–Crippen LogP) is 1.30. The molecule has 0 aliphatic carbocycles. The molecule has 1 atom stereocenters. The maximum absolute atomic E-state index is 11.8. The molecular weight excluding hydrogens is 394 g/mol. The third-order valence-corrected chi connectivity index (χ3v) is 5.78. The minimum Gasteiger partial charge on any atom is -0.508 e. The van der Waals surface area contributed by atoms with E-state index in [0.29, 0.717) is 24.7 Å². The van der Waals surface area contributed by atoms with Crippen molar-refractivity contribution in [3.63, 3.8) is 0 Å². The minimum absolute atomic E-state index is 0.0404. The average molecular weight is 424 g/mol. The number of methoxy groups -OCH3 is 1. The molecule has 0 radical (unpaired) electrons. The first-order chi connectivity index (χ1) is 13.7. The molecule has 1 aliphatic rings. The molecule has 1 aliphatic heterocycles. The second kappa shape index (κ2) is 8.68. The van der Waals surface area contributed by atoms with Crippen LogP contribution >= 0.6 is 0 Å². The van der Waals surface area contributed by atoms with Gasteiger partial charge >= 0.3 is 0 Å². The van der Waals surface area contributed by atoms with Crippen LogP contribution in [0.2, 0.25) is 0 Å². The molecular formula is C19H29N5O4S.